The van der Waals surface area contributed by atoms with Gasteiger partial charge in [-0.2, -0.15) is 47.9 Å². The lowest BCUT2D eigenvalue weighted by Gasteiger charge is -2.39. The number of hydrogen-bond acceptors (Lipinski definition) is 5. The molecule has 0 spiro atoms. The molecule has 1 N–H and O–H groups in total. The zero-order valence-electron chi connectivity index (χ0n) is 19.3. The molecule has 0 aliphatic heterocycles. The van der Waals surface area contributed by atoms with Gasteiger partial charge in [-0.25, -0.2) is 0 Å². The van der Waals surface area contributed by atoms with Gasteiger partial charge < -0.3 is 9.84 Å². The van der Waals surface area contributed by atoms with Crippen molar-refractivity contribution in [1.82, 2.24) is 0 Å². The summed E-state index contributed by atoms with van der Waals surface area (Å²) in [7, 11) is -7.94. The highest BCUT2D eigenvalue weighted by Gasteiger charge is 2.88. The molecule has 3 atom stereocenters. The minimum absolute atomic E-state index is 0.336. The fourth-order valence-corrected chi connectivity index (χ4v) is 4.90. The molecule has 214 valence electrons. The monoisotopic (exact) mass is 588 g/mol. The van der Waals surface area contributed by atoms with E-state index in [-0.39, 0.29) is 7.05 Å². The lowest BCUT2D eigenvalue weighted by molar-refractivity contribution is -0.940. The minimum atomic E-state index is -7.66. The quantitative estimate of drug-likeness (QED) is 0.191. The van der Waals surface area contributed by atoms with E-state index in [1.807, 2.05) is 0 Å². The van der Waals surface area contributed by atoms with Crippen LogP contribution in [-0.4, -0.2) is 66.8 Å². The van der Waals surface area contributed by atoms with Gasteiger partial charge in [0.15, 0.2) is 0 Å². The number of alkyl halides is 9. The van der Waals surface area contributed by atoms with E-state index in [0.29, 0.717) is 11.1 Å². The van der Waals surface area contributed by atoms with Gasteiger partial charge in [-0.15, -0.1) is 0 Å². The van der Waals surface area contributed by atoms with Crippen LogP contribution in [0.4, 0.5) is 44.0 Å². The smallest absolute Gasteiger partial charge is 0.435 e. The predicted octanol–water partition coefficient (Wildman–Crippen LogP) is 4.98. The lowest BCUT2D eigenvalue weighted by Crippen LogP contribution is -2.68. The van der Waals surface area contributed by atoms with Gasteiger partial charge >= 0.3 is 39.3 Å². The molecular weight excluding hydrogens is 568 g/mol. The number of hydrogen-bond donors (Lipinski definition) is 1. The number of sulfonamides is 1. The van der Waals surface area contributed by atoms with E-state index < -0.39 is 68.0 Å². The number of carbonyl (C=O) groups excluding carboxylic acids is 1. The van der Waals surface area contributed by atoms with Crippen molar-refractivity contribution in [2.75, 3.05) is 13.6 Å². The number of carbonyl (C=O) groups is 1. The molecule has 1 aromatic rings. The normalized spacial score (nSPS) is 21.9. The number of quaternary nitrogens is 1. The van der Waals surface area contributed by atoms with Crippen LogP contribution >= 0.6 is 0 Å². The molecule has 0 radical (unpaired) electrons. The lowest BCUT2D eigenvalue weighted by atomic mass is 9.78. The molecule has 6 nitrogen and oxygen atoms in total. The highest BCUT2D eigenvalue weighted by atomic mass is 32.2. The highest BCUT2D eigenvalue weighted by molar-refractivity contribution is 7.87. The predicted molar refractivity (Wildman–Crippen MR) is 110 cm³/mol. The first-order chi connectivity index (χ1) is 17.0. The Morgan fingerprint density at radius 1 is 1.05 bits per heavy atom. The van der Waals surface area contributed by atoms with Crippen LogP contribution in [0.5, 0.6) is 0 Å². The summed E-state index contributed by atoms with van der Waals surface area (Å²) in [6.45, 7) is -1.25. The third-order valence-electron chi connectivity index (χ3n) is 5.69. The number of esters is 1. The summed E-state index contributed by atoms with van der Waals surface area (Å²) in [5.41, 5.74) is -1.61. The first-order valence-electron chi connectivity index (χ1n) is 10.3. The molecule has 0 amide bonds. The van der Waals surface area contributed by atoms with Crippen molar-refractivity contribution in [1.29, 1.82) is 0 Å². The molecule has 1 aromatic carbocycles. The second-order valence-corrected chi connectivity index (χ2v) is 10.8. The molecule has 1 aliphatic rings. The number of halogens is 10. The SMILES string of the molecule is CC(=O)OC(O)C1(C[N+](C)(F)S(=O)(=O)C(F)(F)C(F)(F)C(F)(F)C(F)(F)F)C=CC(c2ccccc2)=CC1. The Balaban J connectivity index is 2.57. The van der Waals surface area contributed by atoms with E-state index in [4.69, 9.17) is 0 Å². The van der Waals surface area contributed by atoms with E-state index in [2.05, 4.69) is 4.74 Å². The number of nitrogens with zero attached hydrogens (tertiary/aromatic N) is 1. The maximum absolute atomic E-state index is 15.4. The van der Waals surface area contributed by atoms with Gasteiger partial charge in [0, 0.05) is 11.4 Å². The molecule has 0 saturated carbocycles. The van der Waals surface area contributed by atoms with Crippen molar-refractivity contribution >= 4 is 21.6 Å². The van der Waals surface area contributed by atoms with Crippen LogP contribution in [0, 0.1) is 5.41 Å². The van der Waals surface area contributed by atoms with Gasteiger partial charge in [-0.3, -0.25) is 4.79 Å². The molecule has 0 fully saturated rings. The number of aliphatic hydroxyl groups is 1. The van der Waals surface area contributed by atoms with Gasteiger partial charge in [0.2, 0.25) is 6.29 Å². The zero-order valence-corrected chi connectivity index (χ0v) is 20.1. The first kappa shape index (κ1) is 31.6. The number of ether oxygens (including phenoxy) is 1. The fraction of sp³-hybridized carbons (Fsp3) is 0.476. The topological polar surface area (TPSA) is 80.7 Å². The van der Waals surface area contributed by atoms with E-state index in [1.54, 1.807) is 30.3 Å². The van der Waals surface area contributed by atoms with Gasteiger partial charge in [-0.1, -0.05) is 48.6 Å². The molecule has 2 rings (SSSR count). The van der Waals surface area contributed by atoms with Crippen molar-refractivity contribution in [3.05, 3.63) is 54.1 Å². The summed E-state index contributed by atoms with van der Waals surface area (Å²) >= 11 is 0. The Bertz CT molecular complexity index is 1210. The maximum Gasteiger partial charge on any atom is 0.467 e. The summed E-state index contributed by atoms with van der Waals surface area (Å²) < 4.78 is 161. The zero-order chi connectivity index (χ0) is 29.6. The molecular formula is C21H20F10NO5S+. The average molecular weight is 588 g/mol. The molecule has 0 saturated heterocycles. The summed E-state index contributed by atoms with van der Waals surface area (Å²) in [4.78, 5) is 11.3. The van der Waals surface area contributed by atoms with E-state index in [9.17, 15) is 57.8 Å². The van der Waals surface area contributed by atoms with E-state index in [1.165, 1.54) is 6.08 Å². The molecule has 3 unspecified atom stereocenters. The molecule has 0 aromatic heterocycles. The van der Waals surface area contributed by atoms with E-state index >= 15 is 4.48 Å². The fourth-order valence-electron chi connectivity index (χ4n) is 3.56. The standard InChI is InChI=1S/C21H20F10NO5S/c1-13(33)37-16(34)17(10-8-15(9-11-17)14-6-4-3-5-7-14)12-32(2,31)38(35,36)21(29,30)19(24,25)18(22,23)20(26,27)28/h3-10,16,34H,11-12H2,1-2H3/q+1. The van der Waals surface area contributed by atoms with Crippen molar-refractivity contribution in [2.45, 2.75) is 42.9 Å². The van der Waals surface area contributed by atoms with Crippen molar-refractivity contribution in [2.24, 2.45) is 5.41 Å². The van der Waals surface area contributed by atoms with Gasteiger partial charge in [0.25, 0.3) is 0 Å². The summed E-state index contributed by atoms with van der Waals surface area (Å²) in [5.74, 6) is -16.5. The molecule has 0 bridgehead atoms. The highest BCUT2D eigenvalue weighted by Crippen LogP contribution is 2.56. The first-order valence-corrected chi connectivity index (χ1v) is 11.7. The van der Waals surface area contributed by atoms with Crippen LogP contribution in [0.3, 0.4) is 0 Å². The molecule has 1 aliphatic carbocycles. The van der Waals surface area contributed by atoms with Crippen molar-refractivity contribution < 1.29 is 71.2 Å². The average Bonchev–Trinajstić information content (AvgIpc) is 2.78. The van der Waals surface area contributed by atoms with Crippen LogP contribution < -0.4 is 0 Å². The largest absolute Gasteiger partial charge is 0.467 e. The van der Waals surface area contributed by atoms with Crippen LogP contribution in [0.2, 0.25) is 0 Å². The minimum Gasteiger partial charge on any atom is -0.435 e. The van der Waals surface area contributed by atoms with Crippen LogP contribution in [-0.2, 0) is 19.6 Å². The van der Waals surface area contributed by atoms with Crippen LogP contribution in [0.1, 0.15) is 18.9 Å². The summed E-state index contributed by atoms with van der Waals surface area (Å²) in [6, 6.07) is 7.99. The second kappa shape index (κ2) is 9.82. The number of aliphatic hydroxyl groups excluding tert-OH is 1. The van der Waals surface area contributed by atoms with Crippen molar-refractivity contribution in [3.8, 4) is 0 Å². The van der Waals surface area contributed by atoms with E-state index in [0.717, 1.165) is 19.1 Å². The van der Waals surface area contributed by atoms with Crippen LogP contribution in [0.15, 0.2) is 48.6 Å². The Kier molecular flexibility index (Phi) is 8.16. The number of rotatable bonds is 9. The number of allylic oxidation sites excluding steroid dienone is 3. The summed E-state index contributed by atoms with van der Waals surface area (Å²) in [6.07, 6.45) is -7.39. The Morgan fingerprint density at radius 2 is 1.58 bits per heavy atom. The maximum atomic E-state index is 15.4. The Morgan fingerprint density at radius 3 is 2.00 bits per heavy atom. The Hall–Kier alpha value is -2.66. The van der Waals surface area contributed by atoms with Gasteiger partial charge in [0.1, 0.15) is 19.0 Å². The van der Waals surface area contributed by atoms with Gasteiger partial charge in [0.05, 0.1) is 0 Å². The molecule has 38 heavy (non-hydrogen) atoms. The second-order valence-electron chi connectivity index (χ2n) is 8.54. The molecule has 0 heterocycles. The summed E-state index contributed by atoms with van der Waals surface area (Å²) in [5, 5.41) is 3.06. The molecule has 17 heteroatoms. The number of benzene rings is 1. The van der Waals surface area contributed by atoms with Crippen LogP contribution in [0.25, 0.3) is 5.57 Å². The Labute approximate surface area is 209 Å². The third-order valence-corrected chi connectivity index (χ3v) is 7.73. The third kappa shape index (κ3) is 5.14. The van der Waals surface area contributed by atoms with Crippen molar-refractivity contribution in [3.63, 3.8) is 0 Å². The van der Waals surface area contributed by atoms with Gasteiger partial charge in [-0.05, 0) is 21.7 Å².